The van der Waals surface area contributed by atoms with Crippen LogP contribution in [0.3, 0.4) is 0 Å². The first kappa shape index (κ1) is 17.5. The third-order valence-electron chi connectivity index (χ3n) is 4.44. The van der Waals surface area contributed by atoms with E-state index in [1.165, 1.54) is 10.5 Å². The van der Waals surface area contributed by atoms with Crippen molar-refractivity contribution in [2.24, 2.45) is 0 Å². The molecular weight excluding hydrogens is 322 g/mol. The predicted molar refractivity (Wildman–Crippen MR) is 91.5 cm³/mol. The van der Waals surface area contributed by atoms with Crippen LogP contribution in [0.5, 0.6) is 5.75 Å². The van der Waals surface area contributed by atoms with Crippen molar-refractivity contribution in [3.05, 3.63) is 53.0 Å². The van der Waals surface area contributed by atoms with Crippen molar-refractivity contribution in [1.29, 1.82) is 0 Å². The van der Waals surface area contributed by atoms with Gasteiger partial charge in [0.05, 0.1) is 18.8 Å². The van der Waals surface area contributed by atoms with Crippen LogP contribution in [0.1, 0.15) is 33.9 Å². The molecule has 1 aromatic heterocycles. The van der Waals surface area contributed by atoms with E-state index in [1.54, 1.807) is 12.1 Å². The topological polar surface area (TPSA) is 83.1 Å². The molecule has 1 aliphatic rings. The maximum absolute atomic E-state index is 12.5. The summed E-state index contributed by atoms with van der Waals surface area (Å²) in [4.78, 5) is 14.0. The average Bonchev–Trinajstić information content (AvgIpc) is 3.19. The molecule has 2 heterocycles. The van der Waals surface area contributed by atoms with Crippen LogP contribution >= 0.6 is 0 Å². The highest BCUT2D eigenvalue weighted by atomic mass is 16.5. The maximum atomic E-state index is 12.5. The molecule has 0 radical (unpaired) electrons. The lowest BCUT2D eigenvalue weighted by molar-refractivity contribution is 0.0629. The third kappa shape index (κ3) is 3.86. The molecule has 6 nitrogen and oxygen atoms in total. The molecular formula is C19H23NO5. The number of aryl methyl sites for hydroxylation is 2. The Labute approximate surface area is 146 Å². The fourth-order valence-corrected chi connectivity index (χ4v) is 3.14. The lowest BCUT2D eigenvalue weighted by atomic mass is 10.1. The number of likely N-dealkylation sites (tertiary alicyclic amines) is 1. The quantitative estimate of drug-likeness (QED) is 0.866. The predicted octanol–water partition coefficient (Wildman–Crippen LogP) is 2.04. The summed E-state index contributed by atoms with van der Waals surface area (Å²) in [6.07, 6.45) is -0.227. The Morgan fingerprint density at radius 3 is 2.84 bits per heavy atom. The third-order valence-corrected chi connectivity index (χ3v) is 4.44. The van der Waals surface area contributed by atoms with Gasteiger partial charge in [0.15, 0.2) is 5.76 Å². The lowest BCUT2D eigenvalue weighted by Gasteiger charge is -2.21. The molecule has 1 aliphatic heterocycles. The molecule has 0 bridgehead atoms. The van der Waals surface area contributed by atoms with Gasteiger partial charge in [0.1, 0.15) is 18.1 Å². The number of rotatable bonds is 5. The zero-order valence-corrected chi connectivity index (χ0v) is 14.4. The monoisotopic (exact) mass is 345 g/mol. The molecule has 1 aromatic carbocycles. The van der Waals surface area contributed by atoms with Crippen LogP contribution in [0.2, 0.25) is 0 Å². The first-order valence-electron chi connectivity index (χ1n) is 8.36. The van der Waals surface area contributed by atoms with Gasteiger partial charge < -0.3 is 24.3 Å². The van der Waals surface area contributed by atoms with Crippen molar-refractivity contribution in [1.82, 2.24) is 4.90 Å². The molecule has 2 N–H and O–H groups in total. The van der Waals surface area contributed by atoms with Crippen molar-refractivity contribution in [2.45, 2.75) is 39.0 Å². The highest BCUT2D eigenvalue weighted by Gasteiger charge is 2.35. The van der Waals surface area contributed by atoms with Crippen molar-refractivity contribution < 1.29 is 24.2 Å². The summed E-state index contributed by atoms with van der Waals surface area (Å²) in [6.45, 7) is 4.26. The van der Waals surface area contributed by atoms with Crippen molar-refractivity contribution in [3.63, 3.8) is 0 Å². The normalized spacial score (nSPS) is 20.1. The molecule has 25 heavy (non-hydrogen) atoms. The van der Waals surface area contributed by atoms with E-state index in [9.17, 15) is 15.0 Å². The van der Waals surface area contributed by atoms with Crippen LogP contribution in [0.15, 0.2) is 34.7 Å². The van der Waals surface area contributed by atoms with Crippen LogP contribution in [0.25, 0.3) is 0 Å². The number of furan rings is 1. The van der Waals surface area contributed by atoms with E-state index in [2.05, 4.69) is 0 Å². The molecule has 0 spiro atoms. The van der Waals surface area contributed by atoms with Gasteiger partial charge in [-0.05, 0) is 44.0 Å². The molecule has 0 unspecified atom stereocenters. The summed E-state index contributed by atoms with van der Waals surface area (Å²) in [7, 11) is 0. The van der Waals surface area contributed by atoms with E-state index in [4.69, 9.17) is 9.15 Å². The van der Waals surface area contributed by atoms with Crippen LogP contribution in [0, 0.1) is 13.8 Å². The fourth-order valence-electron chi connectivity index (χ4n) is 3.14. The van der Waals surface area contributed by atoms with Crippen molar-refractivity contribution in [2.75, 3.05) is 13.2 Å². The number of aliphatic hydroxyl groups excluding tert-OH is 2. The van der Waals surface area contributed by atoms with E-state index in [0.717, 1.165) is 11.3 Å². The van der Waals surface area contributed by atoms with E-state index < -0.39 is 6.10 Å². The van der Waals surface area contributed by atoms with Crippen LogP contribution < -0.4 is 4.74 Å². The van der Waals surface area contributed by atoms with E-state index in [0.29, 0.717) is 12.2 Å². The second-order valence-electron chi connectivity index (χ2n) is 6.51. The first-order valence-corrected chi connectivity index (χ1v) is 8.36. The van der Waals surface area contributed by atoms with Gasteiger partial charge >= 0.3 is 0 Å². The molecule has 1 saturated heterocycles. The molecule has 134 valence electrons. The summed E-state index contributed by atoms with van der Waals surface area (Å²) in [5, 5.41) is 19.1. The highest BCUT2D eigenvalue weighted by Crippen LogP contribution is 2.23. The van der Waals surface area contributed by atoms with Gasteiger partial charge in [-0.3, -0.25) is 4.79 Å². The van der Waals surface area contributed by atoms with Gasteiger partial charge in [0.2, 0.25) is 0 Å². The fraction of sp³-hybridized carbons (Fsp3) is 0.421. The van der Waals surface area contributed by atoms with Gasteiger partial charge in [-0.2, -0.15) is 0 Å². The number of hydrogen-bond donors (Lipinski definition) is 2. The summed E-state index contributed by atoms with van der Waals surface area (Å²) in [5.74, 6) is 1.18. The zero-order chi connectivity index (χ0) is 18.0. The summed E-state index contributed by atoms with van der Waals surface area (Å²) in [5.41, 5.74) is 2.21. The number of hydrogen-bond acceptors (Lipinski definition) is 5. The molecule has 6 heteroatoms. The van der Waals surface area contributed by atoms with Gasteiger partial charge in [-0.1, -0.05) is 17.7 Å². The first-order chi connectivity index (χ1) is 12.0. The average molecular weight is 345 g/mol. The minimum Gasteiger partial charge on any atom is -0.485 e. The van der Waals surface area contributed by atoms with Crippen LogP contribution in [-0.2, 0) is 6.61 Å². The Hall–Kier alpha value is -2.31. The molecule has 0 aliphatic carbocycles. The Bertz CT molecular complexity index is 754. The van der Waals surface area contributed by atoms with Crippen LogP contribution in [0.4, 0.5) is 0 Å². The molecule has 1 fully saturated rings. The van der Waals surface area contributed by atoms with Crippen molar-refractivity contribution >= 4 is 5.91 Å². The van der Waals surface area contributed by atoms with Gasteiger partial charge in [0.25, 0.3) is 5.91 Å². The van der Waals surface area contributed by atoms with Gasteiger partial charge in [-0.25, -0.2) is 0 Å². The minimum atomic E-state index is -0.608. The Balaban J connectivity index is 1.65. The maximum Gasteiger partial charge on any atom is 0.289 e. The van der Waals surface area contributed by atoms with E-state index >= 15 is 0 Å². The second-order valence-corrected chi connectivity index (χ2v) is 6.51. The number of amides is 1. The van der Waals surface area contributed by atoms with E-state index in [-0.39, 0.29) is 37.5 Å². The Morgan fingerprint density at radius 2 is 2.12 bits per heavy atom. The van der Waals surface area contributed by atoms with Gasteiger partial charge in [-0.15, -0.1) is 0 Å². The molecule has 3 rings (SSSR count). The zero-order valence-electron chi connectivity index (χ0n) is 14.4. The Morgan fingerprint density at radius 1 is 1.32 bits per heavy atom. The number of carbonyl (C=O) groups excluding carboxylic acids is 1. The smallest absolute Gasteiger partial charge is 0.289 e. The SMILES string of the molecule is Cc1ccc(OCc2ccc(C(=O)N3C[C@H](O)C[C@H]3CO)o2)c(C)c1. The largest absolute Gasteiger partial charge is 0.485 e. The standard InChI is InChI=1S/C19H23NO5/c1-12-3-5-17(13(2)7-12)24-11-16-4-6-18(25-16)19(23)20-9-15(22)8-14(20)10-21/h3-7,14-15,21-22H,8-11H2,1-2H3/t14-,15+/m0/s1. The number of nitrogens with zero attached hydrogens (tertiary/aromatic N) is 1. The number of ether oxygens (including phenoxy) is 1. The van der Waals surface area contributed by atoms with Gasteiger partial charge in [0, 0.05) is 6.54 Å². The molecule has 2 aromatic rings. The highest BCUT2D eigenvalue weighted by molar-refractivity contribution is 5.92. The minimum absolute atomic E-state index is 0.174. The van der Waals surface area contributed by atoms with Crippen LogP contribution in [-0.4, -0.2) is 46.3 Å². The summed E-state index contributed by atoms with van der Waals surface area (Å²) >= 11 is 0. The summed E-state index contributed by atoms with van der Waals surface area (Å²) < 4.78 is 11.3. The second kappa shape index (κ2) is 7.29. The Kier molecular flexibility index (Phi) is 5.11. The summed E-state index contributed by atoms with van der Waals surface area (Å²) in [6, 6.07) is 8.87. The number of aliphatic hydroxyl groups is 2. The number of benzene rings is 1. The lowest BCUT2D eigenvalue weighted by Crippen LogP contribution is -2.37. The van der Waals surface area contributed by atoms with E-state index in [1.807, 2.05) is 32.0 Å². The molecule has 1 amide bonds. The number of carbonyl (C=O) groups is 1. The van der Waals surface area contributed by atoms with Crippen molar-refractivity contribution in [3.8, 4) is 5.75 Å². The molecule has 2 atom stereocenters. The number of β-amino-alcohol motifs (C(OH)–C–C–N with tert-alkyl or cyclic N) is 1. The molecule has 0 saturated carbocycles.